The van der Waals surface area contributed by atoms with Crippen LogP contribution >= 0.6 is 0 Å². The zero-order valence-electron chi connectivity index (χ0n) is 12.7. The average Bonchev–Trinajstić information content (AvgIpc) is 2.72. The zero-order chi connectivity index (χ0) is 15.6. The van der Waals surface area contributed by atoms with E-state index in [-0.39, 0.29) is 16.9 Å². The molecule has 0 atom stereocenters. The van der Waals surface area contributed by atoms with Gasteiger partial charge in [0.05, 0.1) is 6.33 Å². The highest BCUT2D eigenvalue weighted by Gasteiger charge is 2.30. The van der Waals surface area contributed by atoms with Crippen LogP contribution in [0.2, 0.25) is 0 Å². The second kappa shape index (κ2) is 6.15. The Hall–Kier alpha value is -1.41. The molecule has 0 aliphatic carbocycles. The number of nitrogens with zero attached hydrogens (tertiary/aromatic N) is 4. The first kappa shape index (κ1) is 16.0. The normalized spacial score (nSPS) is 18.0. The standard InChI is InChI=1S/C13H22N4O3S/c1-11(2)13(18)16-5-4-6-17(8-7-16)21(19,20)12-9-15(3)10-14-12/h9-11H,4-8H2,1-3H3. The van der Waals surface area contributed by atoms with Crippen molar-refractivity contribution >= 4 is 15.9 Å². The molecular formula is C13H22N4O3S. The molecule has 0 aromatic carbocycles. The van der Waals surface area contributed by atoms with Crippen LogP contribution in [-0.4, -0.2) is 59.3 Å². The van der Waals surface area contributed by atoms with Crippen LogP contribution in [0.15, 0.2) is 17.6 Å². The van der Waals surface area contributed by atoms with Crippen molar-refractivity contribution in [3.63, 3.8) is 0 Å². The molecule has 2 rings (SSSR count). The molecule has 1 amide bonds. The molecule has 1 aliphatic rings. The third kappa shape index (κ3) is 3.44. The van der Waals surface area contributed by atoms with Crippen LogP contribution in [0, 0.1) is 5.92 Å². The number of aryl methyl sites for hydroxylation is 1. The molecule has 2 heterocycles. The van der Waals surface area contributed by atoms with Crippen LogP contribution < -0.4 is 0 Å². The van der Waals surface area contributed by atoms with E-state index in [1.165, 1.54) is 16.8 Å². The predicted octanol–water partition coefficient (Wildman–Crippen LogP) is 0.299. The molecule has 1 fully saturated rings. The van der Waals surface area contributed by atoms with Crippen LogP contribution in [0.3, 0.4) is 0 Å². The van der Waals surface area contributed by atoms with Gasteiger partial charge in [-0.3, -0.25) is 4.79 Å². The Labute approximate surface area is 125 Å². The smallest absolute Gasteiger partial charge is 0.262 e. The van der Waals surface area contributed by atoms with Crippen molar-refractivity contribution in [2.45, 2.75) is 25.3 Å². The molecule has 1 aromatic heterocycles. The average molecular weight is 314 g/mol. The lowest BCUT2D eigenvalue weighted by molar-refractivity contribution is -0.134. The molecule has 0 saturated carbocycles. The topological polar surface area (TPSA) is 75.5 Å². The van der Waals surface area contributed by atoms with Gasteiger partial charge in [-0.25, -0.2) is 13.4 Å². The maximum Gasteiger partial charge on any atom is 0.262 e. The lowest BCUT2D eigenvalue weighted by Gasteiger charge is -2.23. The lowest BCUT2D eigenvalue weighted by Crippen LogP contribution is -2.39. The van der Waals surface area contributed by atoms with E-state index < -0.39 is 10.0 Å². The number of imidazole rings is 1. The van der Waals surface area contributed by atoms with E-state index in [4.69, 9.17) is 0 Å². The highest BCUT2D eigenvalue weighted by atomic mass is 32.2. The summed E-state index contributed by atoms with van der Waals surface area (Å²) in [5.74, 6) is 0.0102. The summed E-state index contributed by atoms with van der Waals surface area (Å²) in [4.78, 5) is 17.7. The molecule has 0 N–H and O–H groups in total. The quantitative estimate of drug-likeness (QED) is 0.804. The number of carbonyl (C=O) groups is 1. The van der Waals surface area contributed by atoms with Gasteiger partial charge in [0.15, 0.2) is 5.03 Å². The molecule has 0 spiro atoms. The second-order valence-electron chi connectivity index (χ2n) is 5.62. The van der Waals surface area contributed by atoms with Gasteiger partial charge in [0.2, 0.25) is 5.91 Å². The van der Waals surface area contributed by atoms with E-state index in [0.717, 1.165) is 0 Å². The number of aromatic nitrogens is 2. The summed E-state index contributed by atoms with van der Waals surface area (Å²) in [5, 5.41) is 0.0636. The summed E-state index contributed by atoms with van der Waals surface area (Å²) in [6.45, 7) is 5.48. The Morgan fingerprint density at radius 3 is 2.52 bits per heavy atom. The van der Waals surface area contributed by atoms with E-state index in [1.54, 1.807) is 16.5 Å². The van der Waals surface area contributed by atoms with Crippen LogP contribution in [0.5, 0.6) is 0 Å². The summed E-state index contributed by atoms with van der Waals surface area (Å²) in [6.07, 6.45) is 3.61. The molecule has 7 nitrogen and oxygen atoms in total. The van der Waals surface area contributed by atoms with Crippen molar-refractivity contribution in [3.05, 3.63) is 12.5 Å². The third-order valence-electron chi connectivity index (χ3n) is 3.55. The van der Waals surface area contributed by atoms with Crippen LogP contribution in [-0.2, 0) is 21.9 Å². The fourth-order valence-electron chi connectivity index (χ4n) is 2.37. The zero-order valence-corrected chi connectivity index (χ0v) is 13.5. The Morgan fingerprint density at radius 2 is 1.95 bits per heavy atom. The second-order valence-corrected chi connectivity index (χ2v) is 7.50. The number of amides is 1. The van der Waals surface area contributed by atoms with Crippen molar-refractivity contribution in [2.24, 2.45) is 13.0 Å². The number of hydrogen-bond donors (Lipinski definition) is 0. The van der Waals surface area contributed by atoms with E-state index in [1.807, 2.05) is 13.8 Å². The summed E-state index contributed by atoms with van der Waals surface area (Å²) >= 11 is 0. The molecule has 118 valence electrons. The number of rotatable bonds is 3. The highest BCUT2D eigenvalue weighted by molar-refractivity contribution is 7.89. The Balaban J connectivity index is 2.11. The van der Waals surface area contributed by atoms with Crippen LogP contribution in [0.25, 0.3) is 0 Å². The monoisotopic (exact) mass is 314 g/mol. The first-order chi connectivity index (χ1) is 9.82. The third-order valence-corrected chi connectivity index (χ3v) is 5.33. The van der Waals surface area contributed by atoms with Crippen molar-refractivity contribution in [1.82, 2.24) is 18.8 Å². The largest absolute Gasteiger partial charge is 0.341 e. The van der Waals surface area contributed by atoms with Crippen molar-refractivity contribution in [2.75, 3.05) is 26.2 Å². The molecule has 8 heteroatoms. The van der Waals surface area contributed by atoms with Gasteiger partial charge in [-0.2, -0.15) is 4.31 Å². The maximum atomic E-state index is 12.5. The minimum absolute atomic E-state index is 0.0636. The molecule has 21 heavy (non-hydrogen) atoms. The van der Waals surface area contributed by atoms with E-state index in [9.17, 15) is 13.2 Å². The van der Waals surface area contributed by atoms with Crippen LogP contribution in [0.4, 0.5) is 0 Å². The van der Waals surface area contributed by atoms with Gasteiger partial charge in [0, 0.05) is 45.3 Å². The van der Waals surface area contributed by atoms with E-state index >= 15 is 0 Å². The minimum atomic E-state index is -3.57. The Morgan fingerprint density at radius 1 is 1.24 bits per heavy atom. The highest BCUT2D eigenvalue weighted by Crippen LogP contribution is 2.16. The fourth-order valence-corrected chi connectivity index (χ4v) is 3.81. The molecule has 0 radical (unpaired) electrons. The molecule has 1 aromatic rings. The molecule has 1 saturated heterocycles. The van der Waals surface area contributed by atoms with Gasteiger partial charge < -0.3 is 9.47 Å². The van der Waals surface area contributed by atoms with Crippen molar-refractivity contribution in [1.29, 1.82) is 0 Å². The molecule has 0 bridgehead atoms. The van der Waals surface area contributed by atoms with E-state index in [2.05, 4.69) is 4.98 Å². The first-order valence-electron chi connectivity index (χ1n) is 7.09. The van der Waals surface area contributed by atoms with Gasteiger partial charge in [0.25, 0.3) is 10.0 Å². The van der Waals surface area contributed by atoms with Crippen molar-refractivity contribution < 1.29 is 13.2 Å². The van der Waals surface area contributed by atoms with E-state index in [0.29, 0.717) is 32.6 Å². The molecule has 1 aliphatic heterocycles. The lowest BCUT2D eigenvalue weighted by atomic mass is 10.2. The minimum Gasteiger partial charge on any atom is -0.341 e. The number of hydrogen-bond acceptors (Lipinski definition) is 4. The predicted molar refractivity (Wildman–Crippen MR) is 78.0 cm³/mol. The van der Waals surface area contributed by atoms with Crippen LogP contribution in [0.1, 0.15) is 20.3 Å². The van der Waals surface area contributed by atoms with Crippen molar-refractivity contribution in [3.8, 4) is 0 Å². The van der Waals surface area contributed by atoms with Gasteiger partial charge >= 0.3 is 0 Å². The first-order valence-corrected chi connectivity index (χ1v) is 8.53. The molecular weight excluding hydrogens is 292 g/mol. The number of carbonyl (C=O) groups excluding carboxylic acids is 1. The Bertz CT molecular complexity index is 609. The summed E-state index contributed by atoms with van der Waals surface area (Å²) in [5.41, 5.74) is 0. The van der Waals surface area contributed by atoms with Gasteiger partial charge in [-0.05, 0) is 6.42 Å². The fraction of sp³-hybridized carbons (Fsp3) is 0.692. The summed E-state index contributed by atoms with van der Waals surface area (Å²) in [6, 6.07) is 0. The van der Waals surface area contributed by atoms with Gasteiger partial charge in [-0.1, -0.05) is 13.8 Å². The van der Waals surface area contributed by atoms with Gasteiger partial charge in [-0.15, -0.1) is 0 Å². The maximum absolute atomic E-state index is 12.5. The summed E-state index contributed by atoms with van der Waals surface area (Å²) in [7, 11) is -1.84. The SMILES string of the molecule is CC(C)C(=O)N1CCCN(S(=O)(=O)c2cn(C)cn2)CC1. The summed E-state index contributed by atoms with van der Waals surface area (Å²) < 4.78 is 28.1. The Kier molecular flexibility index (Phi) is 4.67. The van der Waals surface area contributed by atoms with Gasteiger partial charge in [0.1, 0.15) is 0 Å². The molecule has 0 unspecified atom stereocenters. The number of sulfonamides is 1.